The lowest BCUT2D eigenvalue weighted by Crippen LogP contribution is -2.57. The van der Waals surface area contributed by atoms with Gasteiger partial charge in [-0.2, -0.15) is 0 Å². The highest BCUT2D eigenvalue weighted by atomic mass is 16.6. The van der Waals surface area contributed by atoms with E-state index in [0.717, 1.165) is 0 Å². The molecule has 0 fully saturated rings. The van der Waals surface area contributed by atoms with Gasteiger partial charge in [-0.15, -0.1) is 0 Å². The third-order valence-electron chi connectivity index (χ3n) is 1.96. The molecule has 0 bridgehead atoms. The Balaban J connectivity index is 4.91. The number of methoxy groups -OCH3 is 1. The van der Waals surface area contributed by atoms with Crippen LogP contribution in [0.5, 0.6) is 0 Å². The Morgan fingerprint density at radius 1 is 1.19 bits per heavy atom. The molecule has 0 aliphatic carbocycles. The predicted octanol–water partition coefficient (Wildman–Crippen LogP) is 0.999. The number of carbonyl (C=O) groups excluding carboxylic acids is 2. The first-order chi connectivity index (χ1) is 7.17. The first kappa shape index (κ1) is 14.9. The van der Waals surface area contributed by atoms with Crippen LogP contribution < -0.4 is 5.73 Å². The van der Waals surface area contributed by atoms with E-state index in [2.05, 4.69) is 4.74 Å². The van der Waals surface area contributed by atoms with Crippen LogP contribution in [-0.4, -0.2) is 30.2 Å². The van der Waals surface area contributed by atoms with Crippen LogP contribution >= 0.6 is 0 Å². The molecule has 0 aromatic carbocycles. The summed E-state index contributed by atoms with van der Waals surface area (Å²) in [6, 6.07) is 0. The van der Waals surface area contributed by atoms with Gasteiger partial charge < -0.3 is 15.2 Å². The van der Waals surface area contributed by atoms with E-state index in [1.807, 2.05) is 6.92 Å². The van der Waals surface area contributed by atoms with E-state index in [1.54, 1.807) is 20.8 Å². The molecule has 0 saturated carbocycles. The minimum Gasteiger partial charge on any atom is -0.467 e. The second-order valence-electron chi connectivity index (χ2n) is 4.71. The zero-order valence-electron chi connectivity index (χ0n) is 10.6. The fourth-order valence-electron chi connectivity index (χ4n) is 1.23. The van der Waals surface area contributed by atoms with Gasteiger partial charge >= 0.3 is 11.9 Å². The van der Waals surface area contributed by atoms with Gasteiger partial charge in [0.05, 0.1) is 7.11 Å². The summed E-state index contributed by atoms with van der Waals surface area (Å²) in [4.78, 5) is 23.3. The van der Waals surface area contributed by atoms with E-state index in [4.69, 9.17) is 10.5 Å². The monoisotopic (exact) mass is 231 g/mol. The number of nitrogens with two attached hydrogens (primary N) is 1. The molecule has 1 atom stereocenters. The van der Waals surface area contributed by atoms with Crippen molar-refractivity contribution in [3.05, 3.63) is 0 Å². The lowest BCUT2D eigenvalue weighted by Gasteiger charge is -2.28. The predicted molar refractivity (Wildman–Crippen MR) is 59.7 cm³/mol. The van der Waals surface area contributed by atoms with E-state index in [-0.39, 0.29) is 6.42 Å². The molecule has 0 heterocycles. The van der Waals surface area contributed by atoms with Crippen molar-refractivity contribution >= 4 is 11.9 Å². The van der Waals surface area contributed by atoms with Gasteiger partial charge in [0, 0.05) is 0 Å². The maximum absolute atomic E-state index is 11.8. The Bertz CT molecular complexity index is 270. The number of carbonyl (C=O) groups is 2. The third-order valence-corrected chi connectivity index (χ3v) is 1.96. The summed E-state index contributed by atoms with van der Waals surface area (Å²) >= 11 is 0. The van der Waals surface area contributed by atoms with Crippen LogP contribution in [0, 0.1) is 0 Å². The molecule has 0 aromatic rings. The quantitative estimate of drug-likeness (QED) is 0.576. The molecule has 0 aromatic heterocycles. The molecular weight excluding hydrogens is 210 g/mol. The van der Waals surface area contributed by atoms with Crippen molar-refractivity contribution in [1.29, 1.82) is 0 Å². The summed E-state index contributed by atoms with van der Waals surface area (Å²) in [6.07, 6.45) is 0.791. The normalized spacial score (nSPS) is 15.1. The van der Waals surface area contributed by atoms with Crippen molar-refractivity contribution in [3.63, 3.8) is 0 Å². The summed E-state index contributed by atoms with van der Waals surface area (Å²) in [6.45, 7) is 6.98. The van der Waals surface area contributed by atoms with Crippen molar-refractivity contribution in [1.82, 2.24) is 0 Å². The highest BCUT2D eigenvalue weighted by molar-refractivity contribution is 6.04. The maximum Gasteiger partial charge on any atom is 0.338 e. The van der Waals surface area contributed by atoms with Crippen LogP contribution in [0.4, 0.5) is 0 Å². The van der Waals surface area contributed by atoms with Gasteiger partial charge in [0.2, 0.25) is 5.54 Å². The SMILES string of the molecule is CCCC(N)(C(=O)OC)C(=O)OC(C)(C)C. The van der Waals surface area contributed by atoms with Gasteiger partial charge in [0.1, 0.15) is 5.60 Å². The lowest BCUT2D eigenvalue weighted by atomic mass is 9.95. The van der Waals surface area contributed by atoms with E-state index in [9.17, 15) is 9.59 Å². The first-order valence-corrected chi connectivity index (χ1v) is 5.28. The molecule has 0 aliphatic rings. The molecule has 5 heteroatoms. The van der Waals surface area contributed by atoms with Gasteiger partial charge in [0.25, 0.3) is 0 Å². The van der Waals surface area contributed by atoms with Gasteiger partial charge in [0.15, 0.2) is 0 Å². The highest BCUT2D eigenvalue weighted by Crippen LogP contribution is 2.18. The Hall–Kier alpha value is -1.10. The zero-order chi connectivity index (χ0) is 13.0. The molecule has 0 aliphatic heterocycles. The molecule has 0 radical (unpaired) electrons. The molecule has 0 rings (SSSR count). The van der Waals surface area contributed by atoms with Crippen LogP contribution in [0.1, 0.15) is 40.5 Å². The summed E-state index contributed by atoms with van der Waals surface area (Å²) in [5.41, 5.74) is 3.39. The molecule has 5 nitrogen and oxygen atoms in total. The molecule has 2 N–H and O–H groups in total. The highest BCUT2D eigenvalue weighted by Gasteiger charge is 2.45. The van der Waals surface area contributed by atoms with E-state index in [1.165, 1.54) is 7.11 Å². The maximum atomic E-state index is 11.8. The largest absolute Gasteiger partial charge is 0.467 e. The molecule has 1 unspecified atom stereocenters. The van der Waals surface area contributed by atoms with Gasteiger partial charge in [-0.3, -0.25) is 0 Å². The molecule has 94 valence electrons. The summed E-state index contributed by atoms with van der Waals surface area (Å²) in [5, 5.41) is 0. The molecule has 0 spiro atoms. The molecule has 0 amide bonds. The van der Waals surface area contributed by atoms with Gasteiger partial charge in [-0.05, 0) is 27.2 Å². The van der Waals surface area contributed by atoms with E-state index >= 15 is 0 Å². The van der Waals surface area contributed by atoms with Gasteiger partial charge in [-0.1, -0.05) is 13.3 Å². The van der Waals surface area contributed by atoms with Crippen molar-refractivity contribution < 1.29 is 19.1 Å². The third kappa shape index (κ3) is 3.81. The lowest BCUT2D eigenvalue weighted by molar-refractivity contribution is -0.170. The Kier molecular flexibility index (Phi) is 4.93. The van der Waals surface area contributed by atoms with Crippen LogP contribution in [0.25, 0.3) is 0 Å². The summed E-state index contributed by atoms with van der Waals surface area (Å²) in [5.74, 6) is -1.50. The van der Waals surface area contributed by atoms with Crippen LogP contribution in [-0.2, 0) is 19.1 Å². The van der Waals surface area contributed by atoms with Crippen molar-refractivity contribution in [2.45, 2.75) is 51.7 Å². The smallest absolute Gasteiger partial charge is 0.338 e. The second-order valence-corrected chi connectivity index (χ2v) is 4.71. The van der Waals surface area contributed by atoms with Crippen molar-refractivity contribution in [2.24, 2.45) is 5.73 Å². The first-order valence-electron chi connectivity index (χ1n) is 5.28. The van der Waals surface area contributed by atoms with E-state index < -0.39 is 23.1 Å². The minimum absolute atomic E-state index is 0.203. The number of hydrogen-bond donors (Lipinski definition) is 1. The number of ether oxygens (including phenoxy) is 2. The van der Waals surface area contributed by atoms with Crippen LogP contribution in [0.2, 0.25) is 0 Å². The number of hydrogen-bond acceptors (Lipinski definition) is 5. The topological polar surface area (TPSA) is 78.6 Å². The minimum atomic E-state index is -1.70. The zero-order valence-corrected chi connectivity index (χ0v) is 10.6. The van der Waals surface area contributed by atoms with Crippen LogP contribution in [0.15, 0.2) is 0 Å². The molecule has 16 heavy (non-hydrogen) atoms. The number of rotatable bonds is 4. The van der Waals surface area contributed by atoms with Crippen molar-refractivity contribution in [3.8, 4) is 0 Å². The molecular formula is C11H21NO4. The van der Waals surface area contributed by atoms with Crippen molar-refractivity contribution in [2.75, 3.05) is 7.11 Å². The standard InChI is InChI=1S/C11H21NO4/c1-6-7-11(12,8(13)15-5)9(14)16-10(2,3)4/h6-7,12H2,1-5H3. The fraction of sp³-hybridized carbons (Fsp3) is 0.818. The average molecular weight is 231 g/mol. The summed E-state index contributed by atoms with van der Waals surface area (Å²) < 4.78 is 9.65. The Morgan fingerprint density at radius 3 is 2.00 bits per heavy atom. The Labute approximate surface area is 96.3 Å². The number of esters is 2. The second kappa shape index (κ2) is 5.30. The summed E-state index contributed by atoms with van der Waals surface area (Å²) in [7, 11) is 1.20. The fourth-order valence-corrected chi connectivity index (χ4v) is 1.23. The molecule has 0 saturated heterocycles. The Morgan fingerprint density at radius 2 is 1.69 bits per heavy atom. The van der Waals surface area contributed by atoms with Crippen LogP contribution in [0.3, 0.4) is 0 Å². The van der Waals surface area contributed by atoms with Gasteiger partial charge in [-0.25, -0.2) is 9.59 Å². The average Bonchev–Trinajstić information content (AvgIpc) is 2.14. The van der Waals surface area contributed by atoms with E-state index in [0.29, 0.717) is 6.42 Å².